The van der Waals surface area contributed by atoms with Crippen LogP contribution in [-0.4, -0.2) is 18.4 Å². The van der Waals surface area contributed by atoms with Crippen LogP contribution in [0.25, 0.3) is 0 Å². The molecule has 2 aromatic rings. The molecule has 1 heterocycles. The van der Waals surface area contributed by atoms with Gasteiger partial charge >= 0.3 is 0 Å². The Hall–Kier alpha value is -2.21. The minimum atomic E-state index is -0.513. The Morgan fingerprint density at radius 2 is 1.95 bits per heavy atom. The van der Waals surface area contributed by atoms with Gasteiger partial charge in [0.15, 0.2) is 0 Å². The van der Waals surface area contributed by atoms with E-state index in [1.54, 1.807) is 23.6 Å². The largest absolute Gasteiger partial charge is 0.342 e. The molecule has 19 heavy (non-hydrogen) atoms. The van der Waals surface area contributed by atoms with E-state index >= 15 is 0 Å². The van der Waals surface area contributed by atoms with Gasteiger partial charge in [0.2, 0.25) is 5.91 Å². The van der Waals surface area contributed by atoms with Gasteiger partial charge < -0.3 is 10.6 Å². The van der Waals surface area contributed by atoms with Crippen molar-refractivity contribution in [2.75, 3.05) is 11.9 Å². The van der Waals surface area contributed by atoms with Crippen LogP contribution in [0.5, 0.6) is 0 Å². The van der Waals surface area contributed by atoms with E-state index in [0.717, 1.165) is 0 Å². The van der Waals surface area contributed by atoms with Gasteiger partial charge in [-0.05, 0) is 23.6 Å². The Balaban J connectivity index is 1.86. The van der Waals surface area contributed by atoms with Crippen LogP contribution in [0.1, 0.15) is 9.67 Å². The molecular formula is C13H11FN2O2S. The Kier molecular flexibility index (Phi) is 4.25. The van der Waals surface area contributed by atoms with Gasteiger partial charge in [-0.2, -0.15) is 0 Å². The molecular weight excluding hydrogens is 267 g/mol. The number of hydrogen-bond acceptors (Lipinski definition) is 3. The molecule has 4 nitrogen and oxygen atoms in total. The summed E-state index contributed by atoms with van der Waals surface area (Å²) in [4.78, 5) is 23.7. The fraction of sp³-hybridized carbons (Fsp3) is 0.0769. The predicted octanol–water partition coefficient (Wildman–Crippen LogP) is 2.26. The normalized spacial score (nSPS) is 9.95. The maximum Gasteiger partial charge on any atom is 0.261 e. The Bertz CT molecular complexity index is 584. The van der Waals surface area contributed by atoms with Gasteiger partial charge in [-0.3, -0.25) is 9.59 Å². The molecule has 0 aliphatic carbocycles. The second-order valence-electron chi connectivity index (χ2n) is 3.69. The molecule has 2 rings (SSSR count). The van der Waals surface area contributed by atoms with Gasteiger partial charge in [0.1, 0.15) is 5.82 Å². The number of thiophene rings is 1. The number of carbonyl (C=O) groups excluding carboxylic acids is 2. The molecule has 1 aromatic heterocycles. The number of anilines is 1. The molecule has 0 saturated heterocycles. The van der Waals surface area contributed by atoms with Crippen molar-refractivity contribution in [3.05, 3.63) is 52.5 Å². The lowest BCUT2D eigenvalue weighted by Crippen LogP contribution is -2.32. The zero-order chi connectivity index (χ0) is 13.7. The Morgan fingerprint density at radius 1 is 1.16 bits per heavy atom. The molecule has 0 fully saturated rings. The molecule has 0 aliphatic rings. The third kappa shape index (κ3) is 3.62. The van der Waals surface area contributed by atoms with Crippen molar-refractivity contribution in [2.24, 2.45) is 0 Å². The number of nitrogens with one attached hydrogen (secondary N) is 2. The van der Waals surface area contributed by atoms with E-state index in [4.69, 9.17) is 0 Å². The molecule has 0 spiro atoms. The SMILES string of the molecule is O=C(CNC(=O)c1cccs1)Nc1ccccc1F. The first kappa shape index (κ1) is 13.2. The molecule has 2 N–H and O–H groups in total. The van der Waals surface area contributed by atoms with Crippen molar-refractivity contribution >= 4 is 28.8 Å². The molecule has 98 valence electrons. The third-order valence-corrected chi connectivity index (χ3v) is 3.17. The van der Waals surface area contributed by atoms with Gasteiger partial charge in [-0.1, -0.05) is 18.2 Å². The molecule has 6 heteroatoms. The van der Waals surface area contributed by atoms with Gasteiger partial charge in [-0.25, -0.2) is 4.39 Å². The van der Waals surface area contributed by atoms with Crippen molar-refractivity contribution in [1.82, 2.24) is 5.32 Å². The van der Waals surface area contributed by atoms with Crippen LogP contribution < -0.4 is 10.6 Å². The van der Waals surface area contributed by atoms with Crippen LogP contribution in [0, 0.1) is 5.82 Å². The minimum Gasteiger partial charge on any atom is -0.342 e. The summed E-state index contributed by atoms with van der Waals surface area (Å²) >= 11 is 1.29. The lowest BCUT2D eigenvalue weighted by Gasteiger charge is -2.06. The van der Waals surface area contributed by atoms with Gasteiger partial charge in [0.05, 0.1) is 17.1 Å². The van der Waals surface area contributed by atoms with Crippen molar-refractivity contribution in [3.63, 3.8) is 0 Å². The van der Waals surface area contributed by atoms with Crippen LogP contribution in [-0.2, 0) is 4.79 Å². The summed E-state index contributed by atoms with van der Waals surface area (Å²) in [6.07, 6.45) is 0. The quantitative estimate of drug-likeness (QED) is 0.901. The van der Waals surface area contributed by atoms with Gasteiger partial charge in [0.25, 0.3) is 5.91 Å². The molecule has 1 aromatic carbocycles. The molecule has 0 radical (unpaired) electrons. The summed E-state index contributed by atoms with van der Waals surface area (Å²) in [7, 11) is 0. The van der Waals surface area contributed by atoms with E-state index in [2.05, 4.69) is 10.6 Å². The molecule has 0 bridgehead atoms. The summed E-state index contributed by atoms with van der Waals surface area (Å²) in [5.74, 6) is -1.31. The highest BCUT2D eigenvalue weighted by Gasteiger charge is 2.10. The summed E-state index contributed by atoms with van der Waals surface area (Å²) in [6.45, 7) is -0.203. The number of para-hydroxylation sites is 1. The van der Waals surface area contributed by atoms with Gasteiger partial charge in [0, 0.05) is 0 Å². The first-order chi connectivity index (χ1) is 9.16. The van der Waals surface area contributed by atoms with Crippen LogP contribution in [0.3, 0.4) is 0 Å². The van der Waals surface area contributed by atoms with Crippen molar-refractivity contribution < 1.29 is 14.0 Å². The zero-order valence-electron chi connectivity index (χ0n) is 9.85. The van der Waals surface area contributed by atoms with E-state index in [-0.39, 0.29) is 18.1 Å². The summed E-state index contributed by atoms with van der Waals surface area (Å²) < 4.78 is 13.3. The first-order valence-electron chi connectivity index (χ1n) is 5.53. The smallest absolute Gasteiger partial charge is 0.261 e. The number of carbonyl (C=O) groups is 2. The van der Waals surface area contributed by atoms with E-state index in [1.807, 2.05) is 0 Å². The Morgan fingerprint density at radius 3 is 2.63 bits per heavy atom. The predicted molar refractivity (Wildman–Crippen MR) is 71.7 cm³/mol. The molecule has 0 unspecified atom stereocenters. The lowest BCUT2D eigenvalue weighted by atomic mass is 10.3. The second kappa shape index (κ2) is 6.10. The van der Waals surface area contributed by atoms with E-state index in [1.165, 1.54) is 29.5 Å². The monoisotopic (exact) mass is 278 g/mol. The highest BCUT2D eigenvalue weighted by molar-refractivity contribution is 7.12. The summed E-state index contributed by atoms with van der Waals surface area (Å²) in [6, 6.07) is 9.26. The number of amides is 2. The highest BCUT2D eigenvalue weighted by atomic mass is 32.1. The van der Waals surface area contributed by atoms with E-state index in [0.29, 0.717) is 4.88 Å². The van der Waals surface area contributed by atoms with Crippen LogP contribution in [0.4, 0.5) is 10.1 Å². The standard InChI is InChI=1S/C13H11FN2O2S/c14-9-4-1-2-5-10(9)16-12(17)8-15-13(18)11-6-3-7-19-11/h1-7H,8H2,(H,15,18)(H,16,17). The molecule has 0 aliphatic heterocycles. The van der Waals surface area contributed by atoms with Crippen LogP contribution in [0.2, 0.25) is 0 Å². The number of hydrogen-bond donors (Lipinski definition) is 2. The molecule has 2 amide bonds. The first-order valence-corrected chi connectivity index (χ1v) is 6.41. The minimum absolute atomic E-state index is 0.0953. The maximum atomic E-state index is 13.3. The highest BCUT2D eigenvalue weighted by Crippen LogP contribution is 2.12. The van der Waals surface area contributed by atoms with Crippen molar-refractivity contribution in [2.45, 2.75) is 0 Å². The van der Waals surface area contributed by atoms with Crippen LogP contribution in [0.15, 0.2) is 41.8 Å². The molecule has 0 atom stereocenters. The number of rotatable bonds is 4. The summed E-state index contributed by atoms with van der Waals surface area (Å²) in [5.41, 5.74) is 0.0953. The van der Waals surface area contributed by atoms with Crippen molar-refractivity contribution in [1.29, 1.82) is 0 Å². The average molecular weight is 278 g/mol. The van der Waals surface area contributed by atoms with E-state index in [9.17, 15) is 14.0 Å². The topological polar surface area (TPSA) is 58.2 Å². The fourth-order valence-corrected chi connectivity index (χ4v) is 2.05. The molecule has 0 saturated carbocycles. The zero-order valence-corrected chi connectivity index (χ0v) is 10.7. The van der Waals surface area contributed by atoms with Gasteiger partial charge in [-0.15, -0.1) is 11.3 Å². The van der Waals surface area contributed by atoms with Crippen molar-refractivity contribution in [3.8, 4) is 0 Å². The Labute approximate surface area is 113 Å². The number of benzene rings is 1. The van der Waals surface area contributed by atoms with E-state index < -0.39 is 11.7 Å². The van der Waals surface area contributed by atoms with Crippen LogP contribution >= 0.6 is 11.3 Å². The third-order valence-electron chi connectivity index (χ3n) is 2.30. The second-order valence-corrected chi connectivity index (χ2v) is 4.64. The summed E-state index contributed by atoms with van der Waals surface area (Å²) in [5, 5.41) is 6.62. The maximum absolute atomic E-state index is 13.3. The number of halogens is 1. The fourth-order valence-electron chi connectivity index (χ4n) is 1.41. The lowest BCUT2D eigenvalue weighted by molar-refractivity contribution is -0.115. The average Bonchev–Trinajstić information content (AvgIpc) is 2.93.